The van der Waals surface area contributed by atoms with Crippen LogP contribution >= 0.6 is 0 Å². The van der Waals surface area contributed by atoms with Gasteiger partial charge in [0.1, 0.15) is 13.9 Å². The maximum Gasteiger partial charge on any atom is 0.137 e. The summed E-state index contributed by atoms with van der Waals surface area (Å²) in [6.07, 6.45) is 1.89. The zero-order chi connectivity index (χ0) is 24.9. The van der Waals surface area contributed by atoms with Crippen LogP contribution < -0.4 is 10.5 Å². The molecule has 0 N–H and O–H groups in total. The normalized spacial score (nSPS) is 11.9. The van der Waals surface area contributed by atoms with Crippen molar-refractivity contribution in [3.63, 3.8) is 0 Å². The second kappa shape index (κ2) is 8.57. The summed E-state index contributed by atoms with van der Waals surface area (Å²) in [5, 5.41) is 5.10. The zero-order valence-corrected chi connectivity index (χ0v) is 22.2. The molecule has 0 saturated carbocycles. The highest BCUT2D eigenvalue weighted by Crippen LogP contribution is 2.34. The molecule has 6 rings (SSSR count). The van der Waals surface area contributed by atoms with Crippen molar-refractivity contribution < 1.29 is 0 Å². The highest BCUT2D eigenvalue weighted by Gasteiger charge is 2.28. The van der Waals surface area contributed by atoms with Gasteiger partial charge in [-0.3, -0.25) is 9.55 Å². The molecule has 3 aromatic carbocycles. The van der Waals surface area contributed by atoms with E-state index in [1.54, 1.807) is 0 Å². The molecule has 36 heavy (non-hydrogen) atoms. The van der Waals surface area contributed by atoms with Crippen molar-refractivity contribution in [3.05, 3.63) is 115 Å². The topological polar surface area (TPSA) is 30.7 Å². The minimum Gasteiger partial charge on any atom is -0.294 e. The van der Waals surface area contributed by atoms with Gasteiger partial charge >= 0.3 is 0 Å². The summed E-state index contributed by atoms with van der Waals surface area (Å²) in [5.74, 6) is 0.950. The average Bonchev–Trinajstić information content (AvgIpc) is 3.22. The van der Waals surface area contributed by atoms with Gasteiger partial charge in [0, 0.05) is 28.0 Å². The third-order valence-electron chi connectivity index (χ3n) is 7.25. The number of hydrogen-bond acceptors (Lipinski definition) is 2. The van der Waals surface area contributed by atoms with Crippen LogP contribution in [-0.2, 0) is 0 Å². The second-order valence-electron chi connectivity index (χ2n) is 10.1. The van der Waals surface area contributed by atoms with E-state index >= 15 is 0 Å². The van der Waals surface area contributed by atoms with Crippen molar-refractivity contribution in [1.82, 2.24) is 14.5 Å². The molecule has 0 spiro atoms. The van der Waals surface area contributed by atoms with Crippen molar-refractivity contribution in [1.29, 1.82) is 0 Å². The Morgan fingerprint density at radius 1 is 0.667 bits per heavy atom. The molecule has 0 aliphatic rings. The van der Waals surface area contributed by atoms with Crippen LogP contribution in [0.5, 0.6) is 0 Å². The van der Waals surface area contributed by atoms with Crippen LogP contribution in [0.4, 0.5) is 0 Å². The van der Waals surface area contributed by atoms with Gasteiger partial charge in [0.2, 0.25) is 0 Å². The van der Waals surface area contributed by atoms with E-state index in [0.29, 0.717) is 0 Å². The van der Waals surface area contributed by atoms with Gasteiger partial charge in [-0.1, -0.05) is 78.9 Å². The fourth-order valence-electron chi connectivity index (χ4n) is 5.17. The Morgan fingerprint density at radius 2 is 1.44 bits per heavy atom. The predicted molar refractivity (Wildman–Crippen MR) is 154 cm³/mol. The first-order chi connectivity index (χ1) is 17.4. The highest BCUT2D eigenvalue weighted by atomic mass is 28.3. The van der Waals surface area contributed by atoms with Crippen molar-refractivity contribution in [2.75, 3.05) is 0 Å². The van der Waals surface area contributed by atoms with Crippen molar-refractivity contribution >= 4 is 40.4 Å². The van der Waals surface area contributed by atoms with E-state index in [1.165, 1.54) is 49.0 Å². The van der Waals surface area contributed by atoms with E-state index in [4.69, 9.17) is 9.97 Å². The van der Waals surface area contributed by atoms with Gasteiger partial charge in [0.15, 0.2) is 0 Å². The maximum absolute atomic E-state index is 4.89. The van der Waals surface area contributed by atoms with Crippen molar-refractivity contribution in [2.24, 2.45) is 0 Å². The minimum atomic E-state index is -1.93. The summed E-state index contributed by atoms with van der Waals surface area (Å²) in [6, 6.07) is 35.1. The van der Waals surface area contributed by atoms with E-state index in [-0.39, 0.29) is 0 Å². The number of fused-ring (bicyclic) bond motifs is 3. The van der Waals surface area contributed by atoms with Gasteiger partial charge in [-0.25, -0.2) is 4.98 Å². The predicted octanol–water partition coefficient (Wildman–Crippen LogP) is 6.68. The monoisotopic (exact) mass is 483 g/mol. The Morgan fingerprint density at radius 3 is 2.28 bits per heavy atom. The van der Waals surface area contributed by atoms with Crippen LogP contribution in [-0.4, -0.2) is 22.6 Å². The first-order valence-electron chi connectivity index (χ1n) is 12.4. The summed E-state index contributed by atoms with van der Waals surface area (Å²) in [4.78, 5) is 9.63. The molecule has 0 atom stereocenters. The molecule has 0 aliphatic heterocycles. The highest BCUT2D eigenvalue weighted by molar-refractivity contribution is 7.00. The Bertz CT molecular complexity index is 1750. The molecular weight excluding hydrogens is 454 g/mol. The molecule has 0 radical (unpaired) electrons. The lowest BCUT2D eigenvalue weighted by Crippen LogP contribution is -2.54. The summed E-state index contributed by atoms with van der Waals surface area (Å²) in [7, 11) is -1.93. The largest absolute Gasteiger partial charge is 0.294 e. The smallest absolute Gasteiger partial charge is 0.137 e. The summed E-state index contributed by atoms with van der Waals surface area (Å²) >= 11 is 0. The lowest BCUT2D eigenvalue weighted by Gasteiger charge is -2.23. The van der Waals surface area contributed by atoms with E-state index in [9.17, 15) is 0 Å². The van der Waals surface area contributed by atoms with E-state index in [2.05, 4.69) is 123 Å². The molecule has 0 saturated heterocycles. The van der Waals surface area contributed by atoms with Gasteiger partial charge < -0.3 is 0 Å². The lowest BCUT2D eigenvalue weighted by atomic mass is 10.0. The molecule has 0 unspecified atom stereocenters. The van der Waals surface area contributed by atoms with Gasteiger partial charge in [-0.2, -0.15) is 0 Å². The molecule has 0 amide bonds. The number of aromatic nitrogens is 3. The van der Waals surface area contributed by atoms with Crippen LogP contribution in [0.2, 0.25) is 13.1 Å². The van der Waals surface area contributed by atoms with Crippen molar-refractivity contribution in [2.45, 2.75) is 26.9 Å². The SMILES string of the molecule is Cc1ccnc(-n2c3ccccc3c3ccc(-c4cccc([Si](C)(C)c5cccc(C)n5)c4)cc32)c1. The standard InChI is InChI=1S/C32H29N3Si/c1-22-17-18-33-31(19-22)35-29-13-6-5-12-27(29)28-16-15-25(21-30(28)35)24-10-8-11-26(20-24)36(3,4)32-14-7-9-23(2)34-32/h5-21H,1-4H3. The molecule has 4 heteroatoms. The first kappa shape index (κ1) is 22.4. The zero-order valence-electron chi connectivity index (χ0n) is 21.2. The molecule has 0 aliphatic carbocycles. The van der Waals surface area contributed by atoms with Crippen LogP contribution in [0.25, 0.3) is 38.8 Å². The molecule has 176 valence electrons. The van der Waals surface area contributed by atoms with E-state index in [0.717, 1.165) is 11.5 Å². The summed E-state index contributed by atoms with van der Waals surface area (Å²) in [5.41, 5.74) is 7.07. The van der Waals surface area contributed by atoms with Crippen LogP contribution in [0.15, 0.2) is 103 Å². The molecule has 3 nitrogen and oxygen atoms in total. The molecule has 3 heterocycles. The molecule has 0 bridgehead atoms. The first-order valence-corrected chi connectivity index (χ1v) is 15.4. The third-order valence-corrected chi connectivity index (χ3v) is 10.6. The average molecular weight is 484 g/mol. The Kier molecular flexibility index (Phi) is 5.35. The van der Waals surface area contributed by atoms with E-state index < -0.39 is 8.07 Å². The molecule has 3 aromatic heterocycles. The van der Waals surface area contributed by atoms with Crippen LogP contribution in [0.3, 0.4) is 0 Å². The van der Waals surface area contributed by atoms with E-state index in [1.807, 2.05) is 12.3 Å². The quantitative estimate of drug-likeness (QED) is 0.262. The Hall–Kier alpha value is -4.02. The molecule has 0 fully saturated rings. The summed E-state index contributed by atoms with van der Waals surface area (Å²) < 4.78 is 2.29. The second-order valence-corrected chi connectivity index (χ2v) is 14.5. The van der Waals surface area contributed by atoms with Crippen molar-refractivity contribution in [3.8, 4) is 16.9 Å². The van der Waals surface area contributed by atoms with Gasteiger partial charge in [0.05, 0.1) is 11.0 Å². The number of para-hydroxylation sites is 1. The molecule has 6 aromatic rings. The number of rotatable bonds is 4. The fourth-order valence-corrected chi connectivity index (χ4v) is 7.46. The van der Waals surface area contributed by atoms with Crippen LogP contribution in [0.1, 0.15) is 11.3 Å². The number of nitrogens with zero attached hydrogens (tertiary/aromatic N) is 3. The van der Waals surface area contributed by atoms with Crippen LogP contribution in [0, 0.1) is 13.8 Å². The number of hydrogen-bond donors (Lipinski definition) is 0. The van der Waals surface area contributed by atoms with Gasteiger partial charge in [-0.05, 0) is 66.9 Å². The minimum absolute atomic E-state index is 0.950. The Balaban J connectivity index is 1.53. The molecular formula is C32H29N3Si. The fraction of sp³-hybridized carbons (Fsp3) is 0.125. The van der Waals surface area contributed by atoms with Gasteiger partial charge in [0.25, 0.3) is 0 Å². The lowest BCUT2D eigenvalue weighted by molar-refractivity contribution is 1.07. The van der Waals surface area contributed by atoms with Gasteiger partial charge in [-0.15, -0.1) is 0 Å². The third kappa shape index (κ3) is 3.75. The Labute approximate surface area is 213 Å². The maximum atomic E-state index is 4.89. The summed E-state index contributed by atoms with van der Waals surface area (Å²) in [6.45, 7) is 8.96. The number of benzene rings is 3. The number of aryl methyl sites for hydroxylation is 2. The number of pyridine rings is 2.